The van der Waals surface area contributed by atoms with E-state index >= 15 is 4.39 Å². The number of rotatable bonds is 3. The summed E-state index contributed by atoms with van der Waals surface area (Å²) in [6.07, 6.45) is 11.4. The average molecular weight is 302 g/mol. The molecule has 2 aliphatic carbocycles. The van der Waals surface area contributed by atoms with Crippen molar-refractivity contribution in [2.75, 3.05) is 0 Å². The van der Waals surface area contributed by atoms with E-state index in [0.29, 0.717) is 6.42 Å². The SMILES string of the molecule is CCC1CCC(C2(F)C=CC(c3cccc(F)c3)=CC2)CC1. The molecule has 1 fully saturated rings. The highest BCUT2D eigenvalue weighted by atomic mass is 19.1. The van der Waals surface area contributed by atoms with Crippen LogP contribution < -0.4 is 0 Å². The third-order valence-electron chi connectivity index (χ3n) is 5.44. The summed E-state index contributed by atoms with van der Waals surface area (Å²) in [7, 11) is 0. The zero-order valence-corrected chi connectivity index (χ0v) is 13.2. The molecule has 1 aromatic carbocycles. The first kappa shape index (κ1) is 15.5. The van der Waals surface area contributed by atoms with E-state index in [1.165, 1.54) is 18.6 Å². The average Bonchev–Trinajstić information content (AvgIpc) is 2.55. The van der Waals surface area contributed by atoms with Gasteiger partial charge in [0, 0.05) is 6.42 Å². The second-order valence-electron chi connectivity index (χ2n) is 6.76. The Balaban J connectivity index is 1.69. The van der Waals surface area contributed by atoms with Crippen molar-refractivity contribution in [2.45, 2.75) is 51.1 Å². The Hall–Kier alpha value is -1.44. The number of halogens is 2. The summed E-state index contributed by atoms with van der Waals surface area (Å²) in [4.78, 5) is 0. The smallest absolute Gasteiger partial charge is 0.135 e. The molecule has 2 aliphatic rings. The Labute approximate surface area is 131 Å². The van der Waals surface area contributed by atoms with Gasteiger partial charge in [-0.3, -0.25) is 0 Å². The molecule has 0 aliphatic heterocycles. The van der Waals surface area contributed by atoms with Crippen molar-refractivity contribution in [3.05, 3.63) is 53.9 Å². The molecule has 0 aromatic heterocycles. The molecule has 0 nitrogen and oxygen atoms in total. The van der Waals surface area contributed by atoms with Crippen LogP contribution in [0.15, 0.2) is 42.5 Å². The Kier molecular flexibility index (Phi) is 4.46. The van der Waals surface area contributed by atoms with Crippen LogP contribution in [-0.2, 0) is 0 Å². The van der Waals surface area contributed by atoms with E-state index in [1.807, 2.05) is 18.2 Å². The van der Waals surface area contributed by atoms with E-state index in [9.17, 15) is 4.39 Å². The summed E-state index contributed by atoms with van der Waals surface area (Å²) >= 11 is 0. The molecule has 0 N–H and O–H groups in total. The van der Waals surface area contributed by atoms with Crippen molar-refractivity contribution >= 4 is 5.57 Å². The van der Waals surface area contributed by atoms with Crippen LogP contribution in [0.1, 0.15) is 51.0 Å². The number of hydrogen-bond acceptors (Lipinski definition) is 0. The van der Waals surface area contributed by atoms with Crippen LogP contribution in [0.3, 0.4) is 0 Å². The number of hydrogen-bond donors (Lipinski definition) is 0. The van der Waals surface area contributed by atoms with Gasteiger partial charge in [0.2, 0.25) is 0 Å². The maximum Gasteiger partial charge on any atom is 0.135 e. The Morgan fingerprint density at radius 1 is 1.18 bits per heavy atom. The molecule has 1 unspecified atom stereocenters. The third-order valence-corrected chi connectivity index (χ3v) is 5.44. The highest BCUT2D eigenvalue weighted by Gasteiger charge is 2.39. The summed E-state index contributed by atoms with van der Waals surface area (Å²) in [5, 5.41) is 0. The predicted molar refractivity (Wildman–Crippen MR) is 87.7 cm³/mol. The Morgan fingerprint density at radius 3 is 2.55 bits per heavy atom. The normalized spacial score (nSPS) is 31.9. The molecule has 0 spiro atoms. The van der Waals surface area contributed by atoms with Crippen LogP contribution in [0.2, 0.25) is 0 Å². The molecule has 3 rings (SSSR count). The fraction of sp³-hybridized carbons (Fsp3) is 0.500. The lowest BCUT2D eigenvalue weighted by Crippen LogP contribution is -2.34. The number of alkyl halides is 1. The van der Waals surface area contributed by atoms with Gasteiger partial charge in [-0.15, -0.1) is 0 Å². The monoisotopic (exact) mass is 302 g/mol. The van der Waals surface area contributed by atoms with Gasteiger partial charge in [0.25, 0.3) is 0 Å². The lowest BCUT2D eigenvalue weighted by Gasteiger charge is -2.37. The second-order valence-corrected chi connectivity index (χ2v) is 6.76. The molecule has 2 heteroatoms. The first-order valence-electron chi connectivity index (χ1n) is 8.45. The van der Waals surface area contributed by atoms with Crippen molar-refractivity contribution in [2.24, 2.45) is 11.8 Å². The number of allylic oxidation sites excluding steroid dienone is 4. The van der Waals surface area contributed by atoms with Crippen molar-refractivity contribution < 1.29 is 8.78 Å². The summed E-state index contributed by atoms with van der Waals surface area (Å²) in [6.45, 7) is 2.23. The van der Waals surface area contributed by atoms with Gasteiger partial charge < -0.3 is 0 Å². The third kappa shape index (κ3) is 3.16. The standard InChI is InChI=1S/C20H24F2/c1-2-15-6-8-18(9-7-15)20(22)12-10-16(11-13-20)17-4-3-5-19(21)14-17/h3-5,10-12,14-15,18H,2,6-9,13H2,1H3. The fourth-order valence-corrected chi connectivity index (χ4v) is 3.87. The van der Waals surface area contributed by atoms with Crippen LogP contribution in [0, 0.1) is 17.7 Å². The van der Waals surface area contributed by atoms with Crippen LogP contribution >= 0.6 is 0 Å². The van der Waals surface area contributed by atoms with Crippen LogP contribution in [0.5, 0.6) is 0 Å². The van der Waals surface area contributed by atoms with Crippen LogP contribution in [-0.4, -0.2) is 5.67 Å². The lowest BCUT2D eigenvalue weighted by atomic mass is 9.71. The molecule has 0 saturated heterocycles. The molecule has 1 aromatic rings. The van der Waals surface area contributed by atoms with Gasteiger partial charge in [-0.2, -0.15) is 0 Å². The van der Waals surface area contributed by atoms with Crippen molar-refractivity contribution in [1.29, 1.82) is 0 Å². The van der Waals surface area contributed by atoms with Crippen LogP contribution in [0.25, 0.3) is 5.57 Å². The maximum absolute atomic E-state index is 15.3. The van der Waals surface area contributed by atoms with E-state index in [1.54, 1.807) is 12.1 Å². The van der Waals surface area contributed by atoms with Gasteiger partial charge in [-0.25, -0.2) is 8.78 Å². The first-order valence-corrected chi connectivity index (χ1v) is 8.45. The summed E-state index contributed by atoms with van der Waals surface area (Å²) in [5.41, 5.74) is 0.540. The zero-order valence-electron chi connectivity index (χ0n) is 13.2. The molecule has 1 atom stereocenters. The van der Waals surface area contributed by atoms with E-state index in [4.69, 9.17) is 0 Å². The number of benzene rings is 1. The quantitative estimate of drug-likeness (QED) is 0.633. The van der Waals surface area contributed by atoms with E-state index in [-0.39, 0.29) is 11.7 Å². The predicted octanol–water partition coefficient (Wildman–Crippen LogP) is 6.09. The lowest BCUT2D eigenvalue weighted by molar-refractivity contribution is 0.0903. The Bertz CT molecular complexity index is 579. The van der Waals surface area contributed by atoms with Gasteiger partial charge >= 0.3 is 0 Å². The molecule has 0 heterocycles. The minimum Gasteiger partial charge on any atom is -0.239 e. The Morgan fingerprint density at radius 2 is 1.95 bits per heavy atom. The van der Waals surface area contributed by atoms with Gasteiger partial charge in [0.15, 0.2) is 0 Å². The molecular formula is C20H24F2. The molecule has 0 amide bonds. The highest BCUT2D eigenvalue weighted by molar-refractivity contribution is 5.75. The van der Waals surface area contributed by atoms with Gasteiger partial charge in [-0.05, 0) is 54.0 Å². The first-order chi connectivity index (χ1) is 10.6. The molecule has 0 bridgehead atoms. The minimum absolute atomic E-state index is 0.136. The molecular weight excluding hydrogens is 278 g/mol. The van der Waals surface area contributed by atoms with Crippen LogP contribution in [0.4, 0.5) is 8.78 Å². The zero-order chi connectivity index (χ0) is 15.6. The van der Waals surface area contributed by atoms with E-state index in [2.05, 4.69) is 6.92 Å². The van der Waals surface area contributed by atoms with Crippen molar-refractivity contribution in [3.63, 3.8) is 0 Å². The summed E-state index contributed by atoms with van der Waals surface area (Å²) < 4.78 is 28.6. The minimum atomic E-state index is -1.21. The van der Waals surface area contributed by atoms with Crippen molar-refractivity contribution in [3.8, 4) is 0 Å². The van der Waals surface area contributed by atoms with Gasteiger partial charge in [0.1, 0.15) is 11.5 Å². The summed E-state index contributed by atoms with van der Waals surface area (Å²) in [5.74, 6) is 0.671. The largest absolute Gasteiger partial charge is 0.239 e. The summed E-state index contributed by atoms with van der Waals surface area (Å²) in [6, 6.07) is 6.51. The van der Waals surface area contributed by atoms with E-state index < -0.39 is 5.67 Å². The highest BCUT2D eigenvalue weighted by Crippen LogP contribution is 2.43. The molecule has 0 radical (unpaired) electrons. The molecule has 22 heavy (non-hydrogen) atoms. The molecule has 118 valence electrons. The maximum atomic E-state index is 15.3. The second kappa shape index (κ2) is 6.36. The topological polar surface area (TPSA) is 0 Å². The van der Waals surface area contributed by atoms with Gasteiger partial charge in [0.05, 0.1) is 0 Å². The van der Waals surface area contributed by atoms with Gasteiger partial charge in [-0.1, -0.05) is 50.5 Å². The molecule has 1 saturated carbocycles. The van der Waals surface area contributed by atoms with E-state index in [0.717, 1.165) is 42.7 Å². The fourth-order valence-electron chi connectivity index (χ4n) is 3.87. The van der Waals surface area contributed by atoms with Crippen molar-refractivity contribution in [1.82, 2.24) is 0 Å².